The molecule has 0 unspecified atom stereocenters. The van der Waals surface area contributed by atoms with Crippen LogP contribution in [0.25, 0.3) is 0 Å². The first kappa shape index (κ1) is 22.3. The Bertz CT molecular complexity index is 614. The molecule has 0 heterocycles. The lowest BCUT2D eigenvalue weighted by atomic mass is 9.44. The fourth-order valence-electron chi connectivity index (χ4n) is 9.08. The third-order valence-corrected chi connectivity index (χ3v) is 11.5. The molecule has 2 heteroatoms. The van der Waals surface area contributed by atoms with Gasteiger partial charge in [-0.05, 0) is 97.2 Å². The Morgan fingerprint density at radius 3 is 2.41 bits per heavy atom. The molecule has 0 spiro atoms. The number of halogens is 1. The van der Waals surface area contributed by atoms with Crippen LogP contribution in [0.15, 0.2) is 0 Å². The van der Waals surface area contributed by atoms with E-state index in [9.17, 15) is 4.79 Å². The maximum absolute atomic E-state index is 12.4. The van der Waals surface area contributed by atoms with Crippen LogP contribution in [-0.2, 0) is 4.79 Å². The molecule has 0 aromatic rings. The number of Topliss-reactive ketones (excluding diaryl/α,β-unsaturated/α-hetero) is 1. The highest BCUT2D eigenvalue weighted by molar-refractivity contribution is 9.10. The summed E-state index contributed by atoms with van der Waals surface area (Å²) in [5.74, 6) is 6.56. The minimum atomic E-state index is 0.119. The van der Waals surface area contributed by atoms with Crippen LogP contribution >= 0.6 is 15.9 Å². The molecule has 0 radical (unpaired) electrons. The zero-order valence-corrected chi connectivity index (χ0v) is 21.3. The van der Waals surface area contributed by atoms with Crippen molar-refractivity contribution in [3.8, 4) is 0 Å². The molecular weight excluding hydrogens is 420 g/mol. The van der Waals surface area contributed by atoms with E-state index in [-0.39, 0.29) is 4.83 Å². The molecule has 4 aliphatic rings. The molecule has 166 valence electrons. The summed E-state index contributed by atoms with van der Waals surface area (Å²) in [6, 6.07) is 0. The number of alkyl halides is 1. The molecular formula is C27H45BrO. The van der Waals surface area contributed by atoms with E-state index in [1.54, 1.807) is 0 Å². The van der Waals surface area contributed by atoms with Crippen LogP contribution in [0.1, 0.15) is 105 Å². The van der Waals surface area contributed by atoms with Crippen molar-refractivity contribution in [3.63, 3.8) is 0 Å². The lowest BCUT2D eigenvalue weighted by molar-refractivity contribution is -0.139. The number of carbonyl (C=O) groups excluding carboxylic acids is 1. The van der Waals surface area contributed by atoms with Crippen molar-refractivity contribution in [3.05, 3.63) is 0 Å². The normalized spacial score (nSPS) is 48.2. The second kappa shape index (κ2) is 8.25. The molecule has 0 bridgehead atoms. The first-order valence-corrected chi connectivity index (χ1v) is 13.7. The van der Waals surface area contributed by atoms with Gasteiger partial charge in [-0.2, -0.15) is 0 Å². The Morgan fingerprint density at radius 1 is 0.966 bits per heavy atom. The molecule has 0 aromatic carbocycles. The summed E-state index contributed by atoms with van der Waals surface area (Å²) in [4.78, 5) is 12.5. The third kappa shape index (κ3) is 3.80. The zero-order chi connectivity index (χ0) is 21.0. The highest BCUT2D eigenvalue weighted by atomic mass is 79.9. The molecule has 29 heavy (non-hydrogen) atoms. The van der Waals surface area contributed by atoms with E-state index >= 15 is 0 Å². The second-order valence-corrected chi connectivity index (χ2v) is 13.6. The number of ketones is 1. The van der Waals surface area contributed by atoms with Crippen LogP contribution in [0.5, 0.6) is 0 Å². The van der Waals surface area contributed by atoms with Crippen molar-refractivity contribution < 1.29 is 4.79 Å². The first-order chi connectivity index (χ1) is 13.7. The van der Waals surface area contributed by atoms with Crippen LogP contribution in [0.4, 0.5) is 0 Å². The number of rotatable bonds is 5. The summed E-state index contributed by atoms with van der Waals surface area (Å²) in [6.07, 6.45) is 14.7. The Kier molecular flexibility index (Phi) is 6.36. The Labute approximate surface area is 188 Å². The summed E-state index contributed by atoms with van der Waals surface area (Å²) >= 11 is 3.75. The lowest BCUT2D eigenvalue weighted by Crippen LogP contribution is -2.55. The van der Waals surface area contributed by atoms with Crippen molar-refractivity contribution in [2.75, 3.05) is 0 Å². The van der Waals surface area contributed by atoms with Crippen LogP contribution in [0, 0.1) is 52.3 Å². The monoisotopic (exact) mass is 464 g/mol. The van der Waals surface area contributed by atoms with Gasteiger partial charge in [0.15, 0.2) is 0 Å². The Hall–Kier alpha value is 0.150. The van der Waals surface area contributed by atoms with Gasteiger partial charge in [0, 0.05) is 6.42 Å². The summed E-state index contributed by atoms with van der Waals surface area (Å²) in [5, 5.41) is 0. The number of hydrogen-bond donors (Lipinski definition) is 0. The van der Waals surface area contributed by atoms with Gasteiger partial charge >= 0.3 is 0 Å². The van der Waals surface area contributed by atoms with E-state index < -0.39 is 0 Å². The molecule has 4 saturated carbocycles. The molecule has 9 atom stereocenters. The van der Waals surface area contributed by atoms with E-state index in [4.69, 9.17) is 0 Å². The van der Waals surface area contributed by atoms with Crippen LogP contribution in [-0.4, -0.2) is 10.6 Å². The van der Waals surface area contributed by atoms with Gasteiger partial charge in [0.1, 0.15) is 5.78 Å². The number of hydrogen-bond acceptors (Lipinski definition) is 1. The predicted octanol–water partition coefficient (Wildman–Crippen LogP) is 8.05. The van der Waals surface area contributed by atoms with Gasteiger partial charge in [-0.1, -0.05) is 69.8 Å². The predicted molar refractivity (Wildman–Crippen MR) is 126 cm³/mol. The molecule has 0 aromatic heterocycles. The van der Waals surface area contributed by atoms with Gasteiger partial charge in [0.2, 0.25) is 0 Å². The lowest BCUT2D eigenvalue weighted by Gasteiger charge is -2.61. The molecule has 0 saturated heterocycles. The van der Waals surface area contributed by atoms with Crippen LogP contribution in [0.2, 0.25) is 0 Å². The van der Waals surface area contributed by atoms with E-state index in [1.807, 2.05) is 0 Å². The summed E-state index contributed by atoms with van der Waals surface area (Å²) < 4.78 is 0. The second-order valence-electron chi connectivity index (χ2n) is 12.5. The summed E-state index contributed by atoms with van der Waals surface area (Å²) in [7, 11) is 0. The molecule has 1 nitrogen and oxygen atoms in total. The van der Waals surface area contributed by atoms with Crippen molar-refractivity contribution >= 4 is 21.7 Å². The minimum absolute atomic E-state index is 0.119. The Balaban J connectivity index is 1.48. The molecule has 0 amide bonds. The van der Waals surface area contributed by atoms with Crippen molar-refractivity contribution in [1.29, 1.82) is 0 Å². The van der Waals surface area contributed by atoms with Crippen molar-refractivity contribution in [1.82, 2.24) is 0 Å². The Morgan fingerprint density at radius 2 is 1.69 bits per heavy atom. The SMILES string of the molecule is CC(C)CCC[C@@H](C)[C@H]1CC[C@H]2[C@@H]3CC[C@H]4CC(=O)[C@H](Br)C[C@]4(C)[C@H]3CC[C@]12C. The van der Waals surface area contributed by atoms with E-state index in [1.165, 1.54) is 57.8 Å². The maximum atomic E-state index is 12.4. The van der Waals surface area contributed by atoms with Gasteiger partial charge in [0.25, 0.3) is 0 Å². The third-order valence-electron chi connectivity index (χ3n) is 10.7. The van der Waals surface area contributed by atoms with Gasteiger partial charge in [-0.25, -0.2) is 0 Å². The number of fused-ring (bicyclic) bond motifs is 5. The fraction of sp³-hybridized carbons (Fsp3) is 0.963. The topological polar surface area (TPSA) is 17.1 Å². The molecule has 4 fully saturated rings. The minimum Gasteiger partial charge on any atom is -0.298 e. The average molecular weight is 466 g/mol. The molecule has 0 aliphatic heterocycles. The van der Waals surface area contributed by atoms with Gasteiger partial charge in [-0.3, -0.25) is 4.79 Å². The van der Waals surface area contributed by atoms with Crippen molar-refractivity contribution in [2.45, 2.75) is 110 Å². The van der Waals surface area contributed by atoms with Crippen LogP contribution < -0.4 is 0 Å². The highest BCUT2D eigenvalue weighted by Gasteiger charge is 2.61. The molecule has 4 aliphatic carbocycles. The fourth-order valence-corrected chi connectivity index (χ4v) is 9.97. The summed E-state index contributed by atoms with van der Waals surface area (Å²) in [5.41, 5.74) is 0.979. The van der Waals surface area contributed by atoms with Crippen molar-refractivity contribution in [2.24, 2.45) is 52.3 Å². The average Bonchev–Trinajstić information content (AvgIpc) is 3.00. The zero-order valence-electron chi connectivity index (χ0n) is 19.7. The smallest absolute Gasteiger partial charge is 0.146 e. The van der Waals surface area contributed by atoms with E-state index in [0.717, 1.165) is 48.3 Å². The quantitative estimate of drug-likeness (QED) is 0.375. The van der Waals surface area contributed by atoms with E-state index in [0.29, 0.717) is 22.5 Å². The summed E-state index contributed by atoms with van der Waals surface area (Å²) in [6.45, 7) is 12.6. The van der Waals surface area contributed by atoms with Crippen LogP contribution in [0.3, 0.4) is 0 Å². The van der Waals surface area contributed by atoms with Gasteiger partial charge < -0.3 is 0 Å². The molecule has 0 N–H and O–H groups in total. The standard InChI is InChI=1S/C27H45BrO/c1-17(2)7-6-8-18(3)21-11-12-22-20-10-9-19-15-25(29)24(28)16-27(19,5)23(20)13-14-26(21,22)4/h17-24H,6-16H2,1-5H3/t18-,19+,20+,21-,22+,23+,24-,26-,27+/m1/s1. The maximum Gasteiger partial charge on any atom is 0.146 e. The highest BCUT2D eigenvalue weighted by Crippen LogP contribution is 2.68. The number of carbonyl (C=O) groups is 1. The largest absolute Gasteiger partial charge is 0.298 e. The first-order valence-electron chi connectivity index (χ1n) is 12.8. The molecule has 4 rings (SSSR count). The van der Waals surface area contributed by atoms with E-state index in [2.05, 4.69) is 50.5 Å². The van der Waals surface area contributed by atoms with Gasteiger partial charge in [0.05, 0.1) is 4.83 Å². The van der Waals surface area contributed by atoms with Gasteiger partial charge in [-0.15, -0.1) is 0 Å².